The molecule has 8 heteroatoms. The molecule has 0 spiro atoms. The normalized spacial score (nSPS) is 12.1. The lowest BCUT2D eigenvalue weighted by Gasteiger charge is -2.18. The predicted octanol–water partition coefficient (Wildman–Crippen LogP) is 7.91. The van der Waals surface area contributed by atoms with E-state index in [1.54, 1.807) is 48.8 Å². The molecule has 0 aliphatic rings. The number of sulfone groups is 1. The van der Waals surface area contributed by atoms with E-state index in [9.17, 15) is 13.2 Å². The molecule has 0 amide bonds. The summed E-state index contributed by atoms with van der Waals surface area (Å²) in [5.74, 6) is 0.838. The zero-order valence-corrected chi connectivity index (χ0v) is 25.0. The van der Waals surface area contributed by atoms with Gasteiger partial charge in [-0.25, -0.2) is 13.4 Å². The van der Waals surface area contributed by atoms with Gasteiger partial charge in [0.05, 0.1) is 9.79 Å². The highest BCUT2D eigenvalue weighted by molar-refractivity contribution is 7.91. The average molecular weight is 589 g/mol. The Bertz CT molecular complexity index is 1450. The Balaban J connectivity index is 1.35. The highest BCUT2D eigenvalue weighted by Gasteiger charge is 2.23. The van der Waals surface area contributed by atoms with E-state index in [0.29, 0.717) is 24.5 Å². The first-order valence-electron chi connectivity index (χ1n) is 14.8. The number of carbonyl (C=O) groups excluding carboxylic acids is 1. The van der Waals surface area contributed by atoms with E-state index >= 15 is 0 Å². The minimum Gasteiger partial charge on any atom is -0.489 e. The number of nitrogens with zero attached hydrogens (tertiary/aromatic N) is 2. The van der Waals surface area contributed by atoms with E-state index in [2.05, 4.69) is 11.9 Å². The number of rotatable bonds is 17. The van der Waals surface area contributed by atoms with Crippen LogP contribution < -0.4 is 9.47 Å². The Labute approximate surface area is 249 Å². The summed E-state index contributed by atoms with van der Waals surface area (Å²) >= 11 is 0. The van der Waals surface area contributed by atoms with Crippen LogP contribution in [-0.4, -0.2) is 30.0 Å². The van der Waals surface area contributed by atoms with E-state index in [4.69, 9.17) is 9.47 Å². The molecule has 1 atom stereocenters. The molecule has 0 aliphatic heterocycles. The molecule has 1 unspecified atom stereocenters. The van der Waals surface area contributed by atoms with Crippen molar-refractivity contribution in [2.24, 2.45) is 0 Å². The summed E-state index contributed by atoms with van der Waals surface area (Å²) in [6, 6.07) is 22.4. The molecule has 0 aliphatic carbocycles. The van der Waals surface area contributed by atoms with Crippen molar-refractivity contribution in [1.29, 1.82) is 0 Å². The molecule has 0 fully saturated rings. The molecule has 7 nitrogen and oxygen atoms in total. The standard InChI is InChI=1S/C34H40N2O5S/c1-2-3-4-5-6-7-8-12-15-33(34(37)36-25-24-35-27-36)41-30-18-22-32(23-19-30)42(38,39)31-20-16-29(17-21-31)40-26-28-13-10-9-11-14-28/h9-11,13-14,16-25,27,33H,2-8,12,15,26H2,1H3. The Hall–Kier alpha value is -3.91. The van der Waals surface area contributed by atoms with Crippen LogP contribution in [0.4, 0.5) is 0 Å². The molecular weight excluding hydrogens is 548 g/mol. The van der Waals surface area contributed by atoms with Crippen molar-refractivity contribution >= 4 is 15.7 Å². The molecule has 222 valence electrons. The van der Waals surface area contributed by atoms with Crippen LogP contribution in [0, 0.1) is 0 Å². The number of carbonyl (C=O) groups is 1. The van der Waals surface area contributed by atoms with Crippen LogP contribution in [0.25, 0.3) is 0 Å². The smallest absolute Gasteiger partial charge is 0.272 e. The summed E-state index contributed by atoms with van der Waals surface area (Å²) in [5.41, 5.74) is 1.03. The second kappa shape index (κ2) is 15.9. The first-order valence-corrected chi connectivity index (χ1v) is 16.3. The van der Waals surface area contributed by atoms with Crippen molar-refractivity contribution in [2.45, 2.75) is 87.2 Å². The number of ether oxygens (including phenoxy) is 2. The third-order valence-corrected chi connectivity index (χ3v) is 8.93. The molecule has 0 N–H and O–H groups in total. The van der Waals surface area contributed by atoms with E-state index in [1.165, 1.54) is 55.1 Å². The van der Waals surface area contributed by atoms with Crippen molar-refractivity contribution in [2.75, 3.05) is 0 Å². The Kier molecular flexibility index (Phi) is 11.8. The zero-order valence-electron chi connectivity index (χ0n) is 24.2. The third-order valence-electron chi connectivity index (χ3n) is 7.15. The number of unbranched alkanes of at least 4 members (excludes halogenated alkanes) is 7. The van der Waals surface area contributed by atoms with E-state index in [-0.39, 0.29) is 15.7 Å². The molecule has 1 heterocycles. The highest BCUT2D eigenvalue weighted by atomic mass is 32.2. The van der Waals surface area contributed by atoms with Gasteiger partial charge in [0, 0.05) is 12.4 Å². The topological polar surface area (TPSA) is 87.5 Å². The molecule has 0 saturated carbocycles. The largest absolute Gasteiger partial charge is 0.489 e. The van der Waals surface area contributed by atoms with Crippen LogP contribution in [0.1, 0.15) is 75.1 Å². The van der Waals surface area contributed by atoms with Crippen LogP contribution in [-0.2, 0) is 16.4 Å². The zero-order chi connectivity index (χ0) is 29.6. The van der Waals surface area contributed by atoms with Crippen LogP contribution in [0.2, 0.25) is 0 Å². The van der Waals surface area contributed by atoms with Crippen LogP contribution >= 0.6 is 0 Å². The van der Waals surface area contributed by atoms with Gasteiger partial charge in [0.15, 0.2) is 6.10 Å². The molecule has 42 heavy (non-hydrogen) atoms. The summed E-state index contributed by atoms with van der Waals surface area (Å²) in [6.45, 7) is 2.62. The van der Waals surface area contributed by atoms with Gasteiger partial charge < -0.3 is 9.47 Å². The van der Waals surface area contributed by atoms with Crippen molar-refractivity contribution in [3.63, 3.8) is 0 Å². The summed E-state index contributed by atoms with van der Waals surface area (Å²) in [6.07, 6.45) is 13.8. The maximum Gasteiger partial charge on any atom is 0.272 e. The van der Waals surface area contributed by atoms with Gasteiger partial charge >= 0.3 is 0 Å². The molecule has 0 radical (unpaired) electrons. The quantitative estimate of drug-likeness (QED) is 0.117. The fraction of sp³-hybridized carbons (Fsp3) is 0.353. The second-order valence-corrected chi connectivity index (χ2v) is 12.3. The number of aromatic nitrogens is 2. The van der Waals surface area contributed by atoms with Crippen molar-refractivity contribution in [3.05, 3.63) is 103 Å². The second-order valence-electron chi connectivity index (χ2n) is 10.4. The summed E-state index contributed by atoms with van der Waals surface area (Å²) < 4.78 is 39.8. The van der Waals surface area contributed by atoms with Crippen molar-refractivity contribution in [3.8, 4) is 11.5 Å². The highest BCUT2D eigenvalue weighted by Crippen LogP contribution is 2.26. The van der Waals surface area contributed by atoms with Crippen molar-refractivity contribution in [1.82, 2.24) is 9.55 Å². The van der Waals surface area contributed by atoms with Gasteiger partial charge in [-0.3, -0.25) is 9.36 Å². The van der Waals surface area contributed by atoms with Crippen LogP contribution in [0.5, 0.6) is 11.5 Å². The van der Waals surface area contributed by atoms with Crippen molar-refractivity contribution < 1.29 is 22.7 Å². The van der Waals surface area contributed by atoms with Gasteiger partial charge in [-0.1, -0.05) is 82.2 Å². The van der Waals surface area contributed by atoms with Crippen LogP contribution in [0.3, 0.4) is 0 Å². The van der Waals surface area contributed by atoms with Gasteiger partial charge in [0.2, 0.25) is 9.84 Å². The maximum atomic E-state index is 13.3. The van der Waals surface area contributed by atoms with Crippen LogP contribution in [0.15, 0.2) is 107 Å². The van der Waals surface area contributed by atoms with E-state index in [0.717, 1.165) is 24.8 Å². The molecule has 4 rings (SSSR count). The fourth-order valence-corrected chi connectivity index (χ4v) is 5.97. The fourth-order valence-electron chi connectivity index (χ4n) is 4.71. The molecule has 3 aromatic carbocycles. The number of benzene rings is 3. The third kappa shape index (κ3) is 9.05. The van der Waals surface area contributed by atoms with E-state index < -0.39 is 15.9 Å². The monoisotopic (exact) mass is 588 g/mol. The van der Waals surface area contributed by atoms with Gasteiger partial charge in [-0.2, -0.15) is 0 Å². The lowest BCUT2D eigenvalue weighted by atomic mass is 10.1. The first kappa shape index (κ1) is 31.0. The first-order chi connectivity index (χ1) is 20.5. The number of hydrogen-bond donors (Lipinski definition) is 0. The average Bonchev–Trinajstić information content (AvgIpc) is 3.57. The molecule has 4 aromatic rings. The summed E-state index contributed by atoms with van der Waals surface area (Å²) in [7, 11) is -3.74. The molecule has 0 bridgehead atoms. The summed E-state index contributed by atoms with van der Waals surface area (Å²) in [4.78, 5) is 17.4. The minimum atomic E-state index is -3.74. The van der Waals surface area contributed by atoms with Gasteiger partial charge in [-0.05, 0) is 66.9 Å². The minimum absolute atomic E-state index is 0.147. The molecule has 1 aromatic heterocycles. The molecule has 0 saturated heterocycles. The Morgan fingerprint density at radius 2 is 1.38 bits per heavy atom. The SMILES string of the molecule is CCCCCCCCCCC(Oc1ccc(S(=O)(=O)c2ccc(OCc3ccccc3)cc2)cc1)C(=O)n1ccnc1. The van der Waals surface area contributed by atoms with Gasteiger partial charge in [0.1, 0.15) is 24.4 Å². The lowest BCUT2D eigenvalue weighted by molar-refractivity contribution is 0.0682. The maximum absolute atomic E-state index is 13.3. The predicted molar refractivity (Wildman–Crippen MR) is 164 cm³/mol. The number of imidazole rings is 1. The summed E-state index contributed by atoms with van der Waals surface area (Å²) in [5, 5.41) is 0. The van der Waals surface area contributed by atoms with Gasteiger partial charge in [0.25, 0.3) is 5.91 Å². The van der Waals surface area contributed by atoms with E-state index in [1.807, 2.05) is 30.3 Å². The molecular formula is C34H40N2O5S. The number of hydrogen-bond acceptors (Lipinski definition) is 6. The Morgan fingerprint density at radius 3 is 1.98 bits per heavy atom. The lowest BCUT2D eigenvalue weighted by Crippen LogP contribution is -2.31. The Morgan fingerprint density at radius 1 is 0.786 bits per heavy atom. The van der Waals surface area contributed by atoms with Gasteiger partial charge in [-0.15, -0.1) is 0 Å².